The van der Waals surface area contributed by atoms with Gasteiger partial charge >= 0.3 is 0 Å². The Morgan fingerprint density at radius 1 is 1.21 bits per heavy atom. The number of nitrogens with zero attached hydrogens (tertiary/aromatic N) is 2. The van der Waals surface area contributed by atoms with Gasteiger partial charge in [0.2, 0.25) is 5.91 Å². The van der Waals surface area contributed by atoms with Gasteiger partial charge in [0.05, 0.1) is 14.2 Å². The van der Waals surface area contributed by atoms with Crippen molar-refractivity contribution in [3.05, 3.63) is 53.6 Å². The number of methoxy groups -OCH3 is 2. The predicted octanol–water partition coefficient (Wildman–Crippen LogP) is 2.61. The summed E-state index contributed by atoms with van der Waals surface area (Å²) in [6.07, 6.45) is 5.10. The molecule has 1 aromatic carbocycles. The fourth-order valence-electron chi connectivity index (χ4n) is 2.39. The van der Waals surface area contributed by atoms with Crippen molar-refractivity contribution in [1.82, 2.24) is 14.9 Å². The molecule has 0 fully saturated rings. The quantitative estimate of drug-likeness (QED) is 0.827. The SMILES string of the molecule is COc1cc(OC)cc(C(NC(=O)C=C(C)C)c2nccn2C)c1. The third kappa shape index (κ3) is 4.16. The maximum absolute atomic E-state index is 12.3. The predicted molar refractivity (Wildman–Crippen MR) is 92.2 cm³/mol. The number of imidazole rings is 1. The molecule has 24 heavy (non-hydrogen) atoms. The van der Waals surface area contributed by atoms with Crippen LogP contribution in [-0.2, 0) is 11.8 Å². The summed E-state index contributed by atoms with van der Waals surface area (Å²) < 4.78 is 12.5. The highest BCUT2D eigenvalue weighted by Gasteiger charge is 2.21. The van der Waals surface area contributed by atoms with Gasteiger partial charge in [-0.25, -0.2) is 4.98 Å². The number of carbonyl (C=O) groups is 1. The van der Waals surface area contributed by atoms with Crippen molar-refractivity contribution in [2.45, 2.75) is 19.9 Å². The van der Waals surface area contributed by atoms with Crippen LogP contribution < -0.4 is 14.8 Å². The van der Waals surface area contributed by atoms with E-state index in [0.29, 0.717) is 11.5 Å². The van der Waals surface area contributed by atoms with Gasteiger partial charge in [-0.15, -0.1) is 0 Å². The van der Waals surface area contributed by atoms with Gasteiger partial charge in [0, 0.05) is 31.6 Å². The summed E-state index contributed by atoms with van der Waals surface area (Å²) in [4.78, 5) is 16.6. The number of aryl methyl sites for hydroxylation is 1. The molecule has 1 amide bonds. The number of carbonyl (C=O) groups excluding carboxylic acids is 1. The molecule has 1 atom stereocenters. The number of benzene rings is 1. The number of ether oxygens (including phenoxy) is 2. The zero-order valence-corrected chi connectivity index (χ0v) is 14.7. The first kappa shape index (κ1) is 17.6. The first-order chi connectivity index (χ1) is 11.4. The number of aromatic nitrogens is 2. The van der Waals surface area contributed by atoms with E-state index in [1.54, 1.807) is 32.6 Å². The molecule has 128 valence electrons. The molecule has 0 bridgehead atoms. The summed E-state index contributed by atoms with van der Waals surface area (Å²) in [5.41, 5.74) is 1.75. The van der Waals surface area contributed by atoms with Crippen molar-refractivity contribution >= 4 is 5.91 Å². The van der Waals surface area contributed by atoms with Crippen LogP contribution in [0.25, 0.3) is 0 Å². The fourth-order valence-corrected chi connectivity index (χ4v) is 2.39. The Kier molecular flexibility index (Phi) is 5.63. The van der Waals surface area contributed by atoms with Gasteiger partial charge in [-0.05, 0) is 31.5 Å². The normalized spacial score (nSPS) is 11.5. The standard InChI is InChI=1S/C18H23N3O3/c1-12(2)8-16(22)20-17(18-19-6-7-21(18)3)13-9-14(23-4)11-15(10-13)24-5/h6-11,17H,1-5H3,(H,20,22). The maximum Gasteiger partial charge on any atom is 0.244 e. The minimum atomic E-state index is -0.419. The van der Waals surface area contributed by atoms with Gasteiger partial charge in [0.25, 0.3) is 0 Å². The van der Waals surface area contributed by atoms with Crippen LogP contribution >= 0.6 is 0 Å². The Balaban J connectivity index is 2.48. The van der Waals surface area contributed by atoms with Crippen LogP contribution in [0.4, 0.5) is 0 Å². The van der Waals surface area contributed by atoms with Crippen LogP contribution in [0.2, 0.25) is 0 Å². The Morgan fingerprint density at radius 2 is 1.83 bits per heavy atom. The number of hydrogen-bond acceptors (Lipinski definition) is 4. The third-order valence-electron chi connectivity index (χ3n) is 3.53. The van der Waals surface area contributed by atoms with Gasteiger partial charge in [0.1, 0.15) is 23.4 Å². The van der Waals surface area contributed by atoms with Crippen LogP contribution in [0, 0.1) is 0 Å². The van der Waals surface area contributed by atoms with Gasteiger partial charge in [-0.2, -0.15) is 0 Å². The van der Waals surface area contributed by atoms with Crippen molar-refractivity contribution in [2.24, 2.45) is 7.05 Å². The van der Waals surface area contributed by atoms with Crippen LogP contribution in [0.3, 0.4) is 0 Å². The van der Waals surface area contributed by atoms with Crippen LogP contribution in [0.15, 0.2) is 42.2 Å². The van der Waals surface area contributed by atoms with Crippen molar-refractivity contribution in [1.29, 1.82) is 0 Å². The molecule has 0 saturated heterocycles. The molecule has 0 radical (unpaired) electrons. The molecule has 1 aromatic heterocycles. The van der Waals surface area contributed by atoms with E-state index in [1.165, 1.54) is 0 Å². The van der Waals surface area contributed by atoms with Crippen molar-refractivity contribution in [2.75, 3.05) is 14.2 Å². The van der Waals surface area contributed by atoms with E-state index in [9.17, 15) is 4.79 Å². The van der Waals surface area contributed by atoms with Crippen molar-refractivity contribution in [3.63, 3.8) is 0 Å². The molecule has 0 spiro atoms. The number of rotatable bonds is 6. The Morgan fingerprint density at radius 3 is 2.29 bits per heavy atom. The molecular formula is C18H23N3O3. The minimum Gasteiger partial charge on any atom is -0.497 e. The average Bonchev–Trinajstić information content (AvgIpc) is 2.97. The second-order valence-corrected chi connectivity index (χ2v) is 5.71. The van der Waals surface area contributed by atoms with Crippen LogP contribution in [-0.4, -0.2) is 29.7 Å². The lowest BCUT2D eigenvalue weighted by atomic mass is 10.0. The molecular weight excluding hydrogens is 306 g/mol. The summed E-state index contributed by atoms with van der Waals surface area (Å²) >= 11 is 0. The third-order valence-corrected chi connectivity index (χ3v) is 3.53. The Hall–Kier alpha value is -2.76. The zero-order valence-electron chi connectivity index (χ0n) is 14.7. The van der Waals surface area contributed by atoms with E-state index in [-0.39, 0.29) is 5.91 Å². The molecule has 2 rings (SSSR count). The van der Waals surface area contributed by atoms with E-state index in [0.717, 1.165) is 17.0 Å². The molecule has 1 unspecified atom stereocenters. The second kappa shape index (κ2) is 7.68. The van der Waals surface area contributed by atoms with Gasteiger partial charge in [0.15, 0.2) is 0 Å². The molecule has 0 aliphatic rings. The van der Waals surface area contributed by atoms with Crippen LogP contribution in [0.1, 0.15) is 31.3 Å². The van der Waals surface area contributed by atoms with Gasteiger partial charge < -0.3 is 19.4 Å². The van der Waals surface area contributed by atoms with E-state index in [1.807, 2.05) is 43.8 Å². The molecule has 0 aliphatic carbocycles. The maximum atomic E-state index is 12.3. The molecule has 6 heteroatoms. The van der Waals surface area contributed by atoms with E-state index < -0.39 is 6.04 Å². The highest BCUT2D eigenvalue weighted by atomic mass is 16.5. The largest absolute Gasteiger partial charge is 0.497 e. The topological polar surface area (TPSA) is 65.4 Å². The number of amides is 1. The summed E-state index contributed by atoms with van der Waals surface area (Å²) in [5.74, 6) is 1.85. The van der Waals surface area contributed by atoms with Crippen LogP contribution in [0.5, 0.6) is 11.5 Å². The molecule has 1 heterocycles. The number of allylic oxidation sites excluding steroid dienone is 1. The summed E-state index contributed by atoms with van der Waals surface area (Å²) in [5, 5.41) is 3.00. The summed E-state index contributed by atoms with van der Waals surface area (Å²) in [6.45, 7) is 3.76. The van der Waals surface area contributed by atoms with Crippen molar-refractivity contribution < 1.29 is 14.3 Å². The average molecular weight is 329 g/mol. The lowest BCUT2D eigenvalue weighted by Crippen LogP contribution is -2.30. The molecule has 6 nitrogen and oxygen atoms in total. The lowest BCUT2D eigenvalue weighted by Gasteiger charge is -2.20. The van der Waals surface area contributed by atoms with Crippen molar-refractivity contribution in [3.8, 4) is 11.5 Å². The van der Waals surface area contributed by atoms with Gasteiger partial charge in [-0.1, -0.05) is 5.57 Å². The fraction of sp³-hybridized carbons (Fsp3) is 0.333. The smallest absolute Gasteiger partial charge is 0.244 e. The monoisotopic (exact) mass is 329 g/mol. The highest BCUT2D eigenvalue weighted by molar-refractivity contribution is 5.88. The first-order valence-corrected chi connectivity index (χ1v) is 7.60. The lowest BCUT2D eigenvalue weighted by molar-refractivity contribution is -0.117. The Bertz CT molecular complexity index is 723. The minimum absolute atomic E-state index is 0.176. The zero-order chi connectivity index (χ0) is 17.7. The molecule has 1 N–H and O–H groups in total. The van der Waals surface area contributed by atoms with E-state index in [2.05, 4.69) is 10.3 Å². The first-order valence-electron chi connectivity index (χ1n) is 7.60. The number of nitrogens with one attached hydrogen (secondary N) is 1. The molecule has 2 aromatic rings. The van der Waals surface area contributed by atoms with Gasteiger partial charge in [-0.3, -0.25) is 4.79 Å². The van der Waals surface area contributed by atoms with E-state index >= 15 is 0 Å². The summed E-state index contributed by atoms with van der Waals surface area (Å²) in [7, 11) is 5.08. The summed E-state index contributed by atoms with van der Waals surface area (Å²) in [6, 6.07) is 5.10. The molecule has 0 aliphatic heterocycles. The highest BCUT2D eigenvalue weighted by Crippen LogP contribution is 2.29. The second-order valence-electron chi connectivity index (χ2n) is 5.71. The number of hydrogen-bond donors (Lipinski definition) is 1. The Labute approximate surface area is 142 Å². The molecule has 0 saturated carbocycles. The van der Waals surface area contributed by atoms with E-state index in [4.69, 9.17) is 9.47 Å².